The van der Waals surface area contributed by atoms with E-state index in [4.69, 9.17) is 9.15 Å². The van der Waals surface area contributed by atoms with Gasteiger partial charge in [0.1, 0.15) is 17.1 Å². The zero-order valence-corrected chi connectivity index (χ0v) is 18.8. The third kappa shape index (κ3) is 5.42. The third-order valence-electron chi connectivity index (χ3n) is 5.87. The molecule has 1 aliphatic carbocycles. The number of benzene rings is 1. The summed E-state index contributed by atoms with van der Waals surface area (Å²) in [5.41, 5.74) is 2.35. The summed E-state index contributed by atoms with van der Waals surface area (Å²) >= 11 is 0. The van der Waals surface area contributed by atoms with Gasteiger partial charge in [-0.1, -0.05) is 19.8 Å². The molecule has 4 rings (SSSR count). The number of hydrogen-bond donors (Lipinski definition) is 1. The van der Waals surface area contributed by atoms with E-state index in [2.05, 4.69) is 5.32 Å². The molecule has 1 amide bonds. The Labute approximate surface area is 192 Å². The Bertz CT molecular complexity index is 1180. The summed E-state index contributed by atoms with van der Waals surface area (Å²) in [5, 5.41) is 2.80. The lowest BCUT2D eigenvalue weighted by Gasteiger charge is -2.20. The molecule has 33 heavy (non-hydrogen) atoms. The van der Waals surface area contributed by atoms with E-state index in [-0.39, 0.29) is 23.5 Å². The molecular weight excluding hydrogens is 420 g/mol. The summed E-state index contributed by atoms with van der Waals surface area (Å²) in [6.45, 7) is 2.02. The molecule has 1 N–H and O–H groups in total. The smallest absolute Gasteiger partial charge is 0.310 e. The van der Waals surface area contributed by atoms with Crippen LogP contribution in [-0.4, -0.2) is 16.4 Å². The molecule has 0 aliphatic heterocycles. The van der Waals surface area contributed by atoms with Gasteiger partial charge < -0.3 is 19.0 Å². The SMILES string of the molecule is CCC(=O)Oc1ccc(NC(=O)c2cc3c(n(Cc4ccco4)c2=O)CCCCCC3)cc1. The quantitative estimate of drug-likeness (QED) is 0.435. The minimum Gasteiger partial charge on any atom is -0.467 e. The number of furan rings is 1. The van der Waals surface area contributed by atoms with Crippen molar-refractivity contribution in [3.8, 4) is 5.75 Å². The zero-order valence-electron chi connectivity index (χ0n) is 18.8. The van der Waals surface area contributed by atoms with E-state index in [0.29, 0.717) is 23.7 Å². The summed E-state index contributed by atoms with van der Waals surface area (Å²) < 4.78 is 12.3. The van der Waals surface area contributed by atoms with Crippen molar-refractivity contribution >= 4 is 17.6 Å². The van der Waals surface area contributed by atoms with E-state index in [1.807, 2.05) is 6.07 Å². The standard InChI is InChI=1S/C26H28N2O5/c1-2-24(29)33-20-13-11-19(12-14-20)27-25(30)22-16-18-8-5-3-4-6-10-23(18)28(26(22)31)17-21-9-7-15-32-21/h7,9,11-16H,2-6,8,10,17H2,1H3,(H,27,30). The molecule has 0 unspecified atom stereocenters. The largest absolute Gasteiger partial charge is 0.467 e. The molecule has 0 radical (unpaired) electrons. The topological polar surface area (TPSA) is 90.5 Å². The predicted molar refractivity (Wildman–Crippen MR) is 125 cm³/mol. The van der Waals surface area contributed by atoms with E-state index >= 15 is 0 Å². The molecule has 0 saturated heterocycles. The molecule has 3 aromatic rings. The highest BCUT2D eigenvalue weighted by Gasteiger charge is 2.21. The highest BCUT2D eigenvalue weighted by atomic mass is 16.5. The molecule has 1 aromatic carbocycles. The number of amides is 1. The number of fused-ring (bicyclic) bond motifs is 1. The Morgan fingerprint density at radius 3 is 2.52 bits per heavy atom. The van der Waals surface area contributed by atoms with Gasteiger partial charge in [-0.25, -0.2) is 0 Å². The van der Waals surface area contributed by atoms with Crippen LogP contribution in [0.4, 0.5) is 5.69 Å². The zero-order chi connectivity index (χ0) is 23.2. The van der Waals surface area contributed by atoms with Gasteiger partial charge in [-0.2, -0.15) is 0 Å². The van der Waals surface area contributed by atoms with Gasteiger partial charge in [-0.05, 0) is 73.7 Å². The third-order valence-corrected chi connectivity index (χ3v) is 5.87. The molecule has 7 heteroatoms. The van der Waals surface area contributed by atoms with Crippen LogP contribution in [0, 0.1) is 0 Å². The van der Waals surface area contributed by atoms with Gasteiger partial charge in [0.2, 0.25) is 0 Å². The van der Waals surface area contributed by atoms with E-state index in [9.17, 15) is 14.4 Å². The number of esters is 1. The second-order valence-electron chi connectivity index (χ2n) is 8.22. The van der Waals surface area contributed by atoms with Gasteiger partial charge in [0.05, 0.1) is 12.8 Å². The molecular formula is C26H28N2O5. The van der Waals surface area contributed by atoms with Crippen molar-refractivity contribution in [3.63, 3.8) is 0 Å². The lowest BCUT2D eigenvalue weighted by atomic mass is 9.95. The first-order chi connectivity index (χ1) is 16.0. The van der Waals surface area contributed by atoms with Crippen LogP contribution in [-0.2, 0) is 24.2 Å². The van der Waals surface area contributed by atoms with Crippen molar-refractivity contribution in [2.75, 3.05) is 5.32 Å². The van der Waals surface area contributed by atoms with Gasteiger partial charge in [0, 0.05) is 17.8 Å². The maximum Gasteiger partial charge on any atom is 0.310 e. The average Bonchev–Trinajstić information content (AvgIpc) is 3.31. The Balaban J connectivity index is 1.63. The second kappa shape index (κ2) is 10.3. The Morgan fingerprint density at radius 1 is 1.06 bits per heavy atom. The van der Waals surface area contributed by atoms with Gasteiger partial charge in [-0.15, -0.1) is 0 Å². The molecule has 0 atom stereocenters. The van der Waals surface area contributed by atoms with Gasteiger partial charge >= 0.3 is 5.97 Å². The van der Waals surface area contributed by atoms with Crippen LogP contribution in [0.3, 0.4) is 0 Å². The lowest BCUT2D eigenvalue weighted by Crippen LogP contribution is -2.33. The number of pyridine rings is 1. The molecule has 2 aromatic heterocycles. The fourth-order valence-electron chi connectivity index (χ4n) is 4.13. The minimum absolute atomic E-state index is 0.113. The number of rotatable bonds is 6. The Kier molecular flexibility index (Phi) is 7.07. The average molecular weight is 449 g/mol. The molecule has 0 spiro atoms. The maximum atomic E-state index is 13.4. The highest BCUT2D eigenvalue weighted by Crippen LogP contribution is 2.22. The van der Waals surface area contributed by atoms with Crippen molar-refractivity contribution in [2.24, 2.45) is 0 Å². The molecule has 7 nitrogen and oxygen atoms in total. The van der Waals surface area contributed by atoms with Crippen LogP contribution >= 0.6 is 0 Å². The molecule has 172 valence electrons. The van der Waals surface area contributed by atoms with E-state index in [0.717, 1.165) is 49.8 Å². The first-order valence-corrected chi connectivity index (χ1v) is 11.4. The number of carbonyl (C=O) groups excluding carboxylic acids is 2. The molecule has 2 heterocycles. The van der Waals surface area contributed by atoms with Crippen LogP contribution < -0.4 is 15.6 Å². The maximum absolute atomic E-state index is 13.4. The van der Waals surface area contributed by atoms with E-state index < -0.39 is 5.91 Å². The number of aromatic nitrogens is 1. The fourth-order valence-corrected chi connectivity index (χ4v) is 4.13. The number of aryl methyl sites for hydroxylation is 1. The Hall–Kier alpha value is -3.61. The number of nitrogens with zero attached hydrogens (tertiary/aromatic N) is 1. The predicted octanol–water partition coefficient (Wildman–Crippen LogP) is 4.72. The van der Waals surface area contributed by atoms with Crippen molar-refractivity contribution in [1.29, 1.82) is 0 Å². The van der Waals surface area contributed by atoms with Crippen molar-refractivity contribution < 1.29 is 18.7 Å². The number of anilines is 1. The number of carbonyl (C=O) groups is 2. The highest BCUT2D eigenvalue weighted by molar-refractivity contribution is 6.04. The van der Waals surface area contributed by atoms with E-state index in [1.54, 1.807) is 54.2 Å². The van der Waals surface area contributed by atoms with Gasteiger partial charge in [0.15, 0.2) is 0 Å². The number of nitrogens with one attached hydrogen (secondary N) is 1. The van der Waals surface area contributed by atoms with Crippen molar-refractivity contribution in [1.82, 2.24) is 4.57 Å². The molecule has 1 aliphatic rings. The van der Waals surface area contributed by atoms with Crippen LogP contribution in [0.25, 0.3) is 0 Å². The van der Waals surface area contributed by atoms with Crippen molar-refractivity contribution in [2.45, 2.75) is 58.4 Å². The summed E-state index contributed by atoms with van der Waals surface area (Å²) in [6, 6.07) is 11.9. The minimum atomic E-state index is -0.462. The van der Waals surface area contributed by atoms with Crippen LogP contribution in [0.15, 0.2) is 57.9 Å². The van der Waals surface area contributed by atoms with E-state index in [1.165, 1.54) is 0 Å². The van der Waals surface area contributed by atoms with Crippen LogP contribution in [0.2, 0.25) is 0 Å². The fraction of sp³-hybridized carbons (Fsp3) is 0.346. The Morgan fingerprint density at radius 2 is 1.82 bits per heavy atom. The summed E-state index contributed by atoms with van der Waals surface area (Å²) in [5.74, 6) is 0.291. The van der Waals surface area contributed by atoms with Gasteiger partial charge in [-0.3, -0.25) is 14.4 Å². The first-order valence-electron chi connectivity index (χ1n) is 11.4. The first kappa shape index (κ1) is 22.6. The van der Waals surface area contributed by atoms with Gasteiger partial charge in [0.25, 0.3) is 11.5 Å². The lowest BCUT2D eigenvalue weighted by molar-refractivity contribution is -0.134. The van der Waals surface area contributed by atoms with Crippen molar-refractivity contribution in [3.05, 3.63) is 81.7 Å². The normalized spacial score (nSPS) is 13.5. The molecule has 0 bridgehead atoms. The summed E-state index contributed by atoms with van der Waals surface area (Å²) in [4.78, 5) is 38.0. The molecule has 0 fully saturated rings. The van der Waals surface area contributed by atoms with Crippen LogP contribution in [0.1, 0.15) is 66.4 Å². The second-order valence-corrected chi connectivity index (χ2v) is 8.22. The summed E-state index contributed by atoms with van der Waals surface area (Å²) in [6.07, 6.45) is 7.85. The monoisotopic (exact) mass is 448 g/mol. The number of ether oxygens (including phenoxy) is 1. The number of hydrogen-bond acceptors (Lipinski definition) is 5. The van der Waals surface area contributed by atoms with Crippen LogP contribution in [0.5, 0.6) is 5.75 Å². The summed E-state index contributed by atoms with van der Waals surface area (Å²) in [7, 11) is 0. The molecule has 0 saturated carbocycles.